The van der Waals surface area contributed by atoms with Gasteiger partial charge in [-0.15, -0.1) is 0 Å². The molecule has 3 aromatic rings. The molecule has 0 amide bonds. The van der Waals surface area contributed by atoms with Crippen LogP contribution in [-0.4, -0.2) is 5.71 Å². The molecule has 42 heavy (non-hydrogen) atoms. The molecule has 2 atom stereocenters. The Bertz CT molecular complexity index is 1810. The highest BCUT2D eigenvalue weighted by Gasteiger charge is 2.45. The Morgan fingerprint density at radius 3 is 2.43 bits per heavy atom. The van der Waals surface area contributed by atoms with Gasteiger partial charge < -0.3 is 0 Å². The van der Waals surface area contributed by atoms with Crippen LogP contribution in [0.4, 0.5) is 5.69 Å². The third-order valence-corrected chi connectivity index (χ3v) is 10.3. The lowest BCUT2D eigenvalue weighted by Gasteiger charge is -2.31. The minimum absolute atomic E-state index is 0.0300. The monoisotopic (exact) mass is 543 g/mol. The largest absolute Gasteiger partial charge is 0.253 e. The van der Waals surface area contributed by atoms with Crippen molar-refractivity contribution in [3.8, 4) is 11.1 Å². The van der Waals surface area contributed by atoms with Crippen molar-refractivity contribution < 1.29 is 0 Å². The Morgan fingerprint density at radius 2 is 1.52 bits per heavy atom. The van der Waals surface area contributed by atoms with Crippen LogP contribution in [0.5, 0.6) is 0 Å². The average Bonchev–Trinajstić information content (AvgIpc) is 3.26. The van der Waals surface area contributed by atoms with Crippen molar-refractivity contribution in [3.05, 3.63) is 154 Å². The Labute approximate surface area is 250 Å². The topological polar surface area (TPSA) is 12.4 Å². The van der Waals surface area contributed by atoms with Crippen molar-refractivity contribution in [1.29, 1.82) is 0 Å². The number of aliphatic imine (C=N–C) groups is 1. The van der Waals surface area contributed by atoms with Crippen molar-refractivity contribution in [1.82, 2.24) is 0 Å². The normalized spacial score (nSPS) is 24.6. The zero-order chi connectivity index (χ0) is 28.3. The molecular weight excluding hydrogens is 506 g/mol. The van der Waals surface area contributed by atoms with Crippen molar-refractivity contribution in [2.24, 2.45) is 16.3 Å². The fraction of sp³-hybridized carbons (Fsp3) is 0.244. The first-order valence-electron chi connectivity index (χ1n) is 15.6. The van der Waals surface area contributed by atoms with Gasteiger partial charge in [0.15, 0.2) is 0 Å². The molecule has 0 fully saturated rings. The predicted octanol–water partition coefficient (Wildman–Crippen LogP) is 10.9. The summed E-state index contributed by atoms with van der Waals surface area (Å²) in [6.07, 6.45) is 20.1. The highest BCUT2D eigenvalue weighted by Crippen LogP contribution is 2.57. The van der Waals surface area contributed by atoms with E-state index >= 15 is 0 Å². The van der Waals surface area contributed by atoms with Gasteiger partial charge in [-0.05, 0) is 83.2 Å². The quantitative estimate of drug-likeness (QED) is 0.311. The third-order valence-electron chi connectivity index (χ3n) is 10.3. The molecular formula is C41H37N. The summed E-state index contributed by atoms with van der Waals surface area (Å²) in [7, 11) is 0. The van der Waals surface area contributed by atoms with Crippen LogP contribution in [0.15, 0.2) is 148 Å². The van der Waals surface area contributed by atoms with Gasteiger partial charge in [0.25, 0.3) is 0 Å². The smallest absolute Gasteiger partial charge is 0.0711 e. The van der Waals surface area contributed by atoms with E-state index in [0.717, 1.165) is 24.9 Å². The van der Waals surface area contributed by atoms with E-state index in [1.807, 2.05) is 0 Å². The number of hydrogen-bond donors (Lipinski definition) is 0. The van der Waals surface area contributed by atoms with Crippen LogP contribution in [0.2, 0.25) is 0 Å². The van der Waals surface area contributed by atoms with E-state index in [4.69, 9.17) is 4.99 Å². The number of rotatable bonds is 3. The first kappa shape index (κ1) is 25.5. The molecule has 5 aliphatic rings. The maximum absolute atomic E-state index is 5.27. The molecule has 0 aromatic heterocycles. The van der Waals surface area contributed by atoms with Gasteiger partial charge in [-0.25, -0.2) is 0 Å². The van der Waals surface area contributed by atoms with Crippen LogP contribution in [-0.2, 0) is 0 Å². The molecule has 0 heterocycles. The van der Waals surface area contributed by atoms with Gasteiger partial charge >= 0.3 is 0 Å². The van der Waals surface area contributed by atoms with E-state index < -0.39 is 0 Å². The van der Waals surface area contributed by atoms with E-state index in [0.29, 0.717) is 11.8 Å². The van der Waals surface area contributed by atoms with Gasteiger partial charge in [0, 0.05) is 28.5 Å². The zero-order valence-corrected chi connectivity index (χ0v) is 24.6. The molecule has 5 aliphatic carbocycles. The van der Waals surface area contributed by atoms with E-state index in [9.17, 15) is 0 Å². The molecule has 8 rings (SSSR count). The Morgan fingerprint density at radius 1 is 0.714 bits per heavy atom. The lowest BCUT2D eigenvalue weighted by atomic mass is 9.73. The summed E-state index contributed by atoms with van der Waals surface area (Å²) in [6, 6.07) is 28.2. The zero-order valence-electron chi connectivity index (χ0n) is 24.6. The fourth-order valence-corrected chi connectivity index (χ4v) is 8.13. The van der Waals surface area contributed by atoms with E-state index in [1.54, 1.807) is 22.3 Å². The minimum Gasteiger partial charge on any atom is -0.253 e. The maximum Gasteiger partial charge on any atom is 0.0711 e. The van der Waals surface area contributed by atoms with Crippen LogP contribution < -0.4 is 0 Å². The second-order valence-electron chi connectivity index (χ2n) is 13.0. The van der Waals surface area contributed by atoms with Gasteiger partial charge in [-0.3, -0.25) is 4.99 Å². The number of nitrogens with zero attached hydrogens (tertiary/aromatic N) is 1. The maximum atomic E-state index is 5.27. The molecule has 0 aliphatic heterocycles. The predicted molar refractivity (Wildman–Crippen MR) is 177 cm³/mol. The van der Waals surface area contributed by atoms with Crippen LogP contribution in [0.1, 0.15) is 63.0 Å². The SMILES string of the molecule is CC1(C)C2=CC(=Nc3ccccc3-c3ccccc3)CCC2C2=C1C=C(C1=CC=C3C=Cc4ccccc4C3C1)CC2. The average molecular weight is 544 g/mol. The van der Waals surface area contributed by atoms with Crippen LogP contribution in [0.3, 0.4) is 0 Å². The summed E-state index contributed by atoms with van der Waals surface area (Å²) in [4.78, 5) is 5.27. The van der Waals surface area contributed by atoms with Crippen LogP contribution >= 0.6 is 0 Å². The first-order chi connectivity index (χ1) is 20.6. The summed E-state index contributed by atoms with van der Waals surface area (Å²) >= 11 is 0. The lowest BCUT2D eigenvalue weighted by molar-refractivity contribution is 0.513. The van der Waals surface area contributed by atoms with Crippen molar-refractivity contribution in [2.45, 2.75) is 51.9 Å². The van der Waals surface area contributed by atoms with Crippen molar-refractivity contribution in [2.75, 3.05) is 0 Å². The molecule has 0 bridgehead atoms. The molecule has 1 heteroatoms. The van der Waals surface area contributed by atoms with Crippen LogP contribution in [0, 0.1) is 11.3 Å². The van der Waals surface area contributed by atoms with Gasteiger partial charge in [0.05, 0.1) is 5.69 Å². The first-order valence-corrected chi connectivity index (χ1v) is 15.6. The Balaban J connectivity index is 1.11. The standard InChI is InChI=1S/C41H37N/c1-41(2)38-25-31(30-19-18-29-17-16-28-12-6-7-13-33(28)37(29)24-30)20-22-35(38)36-23-21-32(26-39(36)41)42-40-15-9-8-14-34(40)27-10-4-3-5-11-27/h3-19,25-26,36-37H,20-24H2,1-2H3. The van der Waals surface area contributed by atoms with E-state index in [-0.39, 0.29) is 5.41 Å². The number of para-hydroxylation sites is 1. The van der Waals surface area contributed by atoms with E-state index in [1.165, 1.54) is 52.0 Å². The summed E-state index contributed by atoms with van der Waals surface area (Å²) in [5.41, 5.74) is 17.0. The molecule has 0 spiro atoms. The Hall–Kier alpha value is -4.23. The molecule has 2 unspecified atom stereocenters. The molecule has 0 N–H and O–H groups in total. The second kappa shape index (κ2) is 9.95. The number of hydrogen-bond acceptors (Lipinski definition) is 1. The molecule has 206 valence electrons. The number of allylic oxidation sites excluding steroid dienone is 11. The Kier molecular flexibility index (Phi) is 6.03. The van der Waals surface area contributed by atoms with Gasteiger partial charge in [0.2, 0.25) is 0 Å². The molecule has 1 nitrogen and oxygen atoms in total. The summed E-state index contributed by atoms with van der Waals surface area (Å²) in [5, 5.41) is 0. The molecule has 3 aromatic carbocycles. The highest BCUT2D eigenvalue weighted by molar-refractivity contribution is 6.00. The molecule has 0 saturated carbocycles. The van der Waals surface area contributed by atoms with Gasteiger partial charge in [0.1, 0.15) is 0 Å². The summed E-state index contributed by atoms with van der Waals surface area (Å²) in [5.74, 6) is 1.04. The molecule has 0 radical (unpaired) electrons. The second-order valence-corrected chi connectivity index (χ2v) is 13.0. The molecule has 0 saturated heterocycles. The summed E-state index contributed by atoms with van der Waals surface area (Å²) in [6.45, 7) is 4.90. The van der Waals surface area contributed by atoms with Crippen LogP contribution in [0.25, 0.3) is 17.2 Å². The van der Waals surface area contributed by atoms with Gasteiger partial charge in [-0.2, -0.15) is 0 Å². The third kappa shape index (κ3) is 4.18. The highest BCUT2D eigenvalue weighted by atomic mass is 14.8. The van der Waals surface area contributed by atoms with Crippen molar-refractivity contribution in [3.63, 3.8) is 0 Å². The van der Waals surface area contributed by atoms with Crippen molar-refractivity contribution >= 4 is 17.5 Å². The summed E-state index contributed by atoms with van der Waals surface area (Å²) < 4.78 is 0. The minimum atomic E-state index is 0.0300. The van der Waals surface area contributed by atoms with E-state index in [2.05, 4.69) is 129 Å². The number of benzene rings is 3. The van der Waals surface area contributed by atoms with Gasteiger partial charge in [-0.1, -0.05) is 128 Å². The number of fused-ring (bicyclic) bond motifs is 5. The lowest BCUT2D eigenvalue weighted by Crippen LogP contribution is -2.20. The fourth-order valence-electron chi connectivity index (χ4n) is 8.13.